The van der Waals surface area contributed by atoms with Crippen molar-refractivity contribution in [1.82, 2.24) is 14.8 Å². The van der Waals surface area contributed by atoms with Crippen LogP contribution in [0, 0.1) is 17.1 Å². The summed E-state index contributed by atoms with van der Waals surface area (Å²) in [6, 6.07) is 15.7. The van der Waals surface area contributed by atoms with E-state index in [9.17, 15) is 14.4 Å². The summed E-state index contributed by atoms with van der Waals surface area (Å²) in [5.74, 6) is 0.0393. The lowest BCUT2D eigenvalue weighted by Crippen LogP contribution is -2.18. The maximum Gasteiger partial charge on any atom is 0.234 e. The van der Waals surface area contributed by atoms with E-state index in [0.717, 1.165) is 25.7 Å². The number of amides is 1. The highest BCUT2D eigenvalue weighted by atomic mass is 32.2. The summed E-state index contributed by atoms with van der Waals surface area (Å²) in [4.78, 5) is 12.5. The highest BCUT2D eigenvalue weighted by molar-refractivity contribution is 7.99. The Kier molecular flexibility index (Phi) is 6.63. The fourth-order valence-corrected chi connectivity index (χ4v) is 4.68. The molecule has 0 aliphatic heterocycles. The van der Waals surface area contributed by atoms with Gasteiger partial charge in [-0.05, 0) is 37.1 Å². The first-order valence-electron chi connectivity index (χ1n) is 10.3. The molecule has 1 aromatic heterocycles. The molecule has 8 heteroatoms. The molecule has 4 rings (SSSR count). The van der Waals surface area contributed by atoms with Crippen LogP contribution in [0.15, 0.2) is 53.7 Å². The lowest BCUT2D eigenvalue weighted by atomic mass is 9.95. The Bertz CT molecular complexity index is 1120. The number of anilines is 1. The number of hydrogen-bond acceptors (Lipinski definition) is 5. The molecule has 0 spiro atoms. The highest BCUT2D eigenvalue weighted by Crippen LogP contribution is 2.36. The maximum atomic E-state index is 14.5. The van der Waals surface area contributed by atoms with Gasteiger partial charge in [-0.15, -0.1) is 10.2 Å². The van der Waals surface area contributed by atoms with Crippen LogP contribution < -0.4 is 5.32 Å². The molecule has 0 bridgehead atoms. The van der Waals surface area contributed by atoms with Gasteiger partial charge in [0.25, 0.3) is 0 Å². The van der Waals surface area contributed by atoms with Crippen LogP contribution in [0.4, 0.5) is 10.1 Å². The van der Waals surface area contributed by atoms with Crippen molar-refractivity contribution in [3.63, 3.8) is 0 Å². The highest BCUT2D eigenvalue weighted by Gasteiger charge is 2.25. The molecule has 3 aromatic rings. The van der Waals surface area contributed by atoms with Crippen molar-refractivity contribution < 1.29 is 9.18 Å². The first-order valence-corrected chi connectivity index (χ1v) is 11.3. The second-order valence-electron chi connectivity index (χ2n) is 7.44. The molecule has 0 saturated heterocycles. The number of nitrogens with one attached hydrogen (secondary N) is 1. The van der Waals surface area contributed by atoms with Gasteiger partial charge in [0.05, 0.1) is 22.6 Å². The molecule has 1 aliphatic rings. The van der Waals surface area contributed by atoms with Gasteiger partial charge in [0.1, 0.15) is 11.9 Å². The Hall–Kier alpha value is -3.18. The van der Waals surface area contributed by atoms with Gasteiger partial charge in [0, 0.05) is 6.04 Å². The van der Waals surface area contributed by atoms with Crippen molar-refractivity contribution in [1.29, 1.82) is 5.26 Å². The average molecular weight is 436 g/mol. The smallest absolute Gasteiger partial charge is 0.234 e. The van der Waals surface area contributed by atoms with Gasteiger partial charge in [0.2, 0.25) is 5.91 Å². The Balaban J connectivity index is 1.56. The van der Waals surface area contributed by atoms with Crippen molar-refractivity contribution in [3.8, 4) is 17.5 Å². The normalized spacial score (nSPS) is 14.2. The summed E-state index contributed by atoms with van der Waals surface area (Å²) in [6.45, 7) is 0. The molecule has 1 aliphatic carbocycles. The van der Waals surface area contributed by atoms with Gasteiger partial charge in [-0.1, -0.05) is 55.3 Å². The number of rotatable bonds is 6. The molecule has 1 N–H and O–H groups in total. The minimum Gasteiger partial charge on any atom is -0.324 e. The Labute approximate surface area is 184 Å². The second kappa shape index (κ2) is 9.75. The summed E-state index contributed by atoms with van der Waals surface area (Å²) in [5.41, 5.74) is 1.31. The van der Waals surface area contributed by atoms with E-state index in [1.807, 2.05) is 4.57 Å². The molecule has 0 radical (unpaired) electrons. The minimum absolute atomic E-state index is 0.113. The molecule has 31 heavy (non-hydrogen) atoms. The number of benzene rings is 2. The zero-order valence-corrected chi connectivity index (χ0v) is 17.7. The number of para-hydroxylation sites is 1. The Morgan fingerprint density at radius 2 is 1.87 bits per heavy atom. The lowest BCUT2D eigenvalue weighted by Gasteiger charge is -2.25. The van der Waals surface area contributed by atoms with E-state index >= 15 is 0 Å². The van der Waals surface area contributed by atoms with Crippen LogP contribution in [-0.4, -0.2) is 26.4 Å². The quantitative estimate of drug-likeness (QED) is 0.539. The van der Waals surface area contributed by atoms with Gasteiger partial charge in [-0.25, -0.2) is 4.39 Å². The van der Waals surface area contributed by atoms with E-state index < -0.39 is 0 Å². The second-order valence-corrected chi connectivity index (χ2v) is 8.38. The van der Waals surface area contributed by atoms with Crippen LogP contribution in [0.25, 0.3) is 11.4 Å². The number of nitrogens with zero attached hydrogens (tertiary/aromatic N) is 4. The van der Waals surface area contributed by atoms with Crippen molar-refractivity contribution in [2.75, 3.05) is 11.1 Å². The molecular weight excluding hydrogens is 413 g/mol. The van der Waals surface area contributed by atoms with Crippen molar-refractivity contribution in [3.05, 3.63) is 59.9 Å². The molecule has 158 valence electrons. The SMILES string of the molecule is N#Cc1ccccc1NC(=O)CSc1nnc(-c2ccccc2F)n1C1CCCCC1. The van der Waals surface area contributed by atoms with E-state index in [2.05, 4.69) is 21.6 Å². The van der Waals surface area contributed by atoms with Crippen molar-refractivity contribution >= 4 is 23.4 Å². The molecule has 1 amide bonds. The van der Waals surface area contributed by atoms with Crippen molar-refractivity contribution in [2.24, 2.45) is 0 Å². The summed E-state index contributed by atoms with van der Waals surface area (Å²) in [6.07, 6.45) is 5.37. The van der Waals surface area contributed by atoms with Gasteiger partial charge in [-0.2, -0.15) is 5.26 Å². The lowest BCUT2D eigenvalue weighted by molar-refractivity contribution is -0.113. The monoisotopic (exact) mass is 435 g/mol. The fraction of sp³-hybridized carbons (Fsp3) is 0.304. The van der Waals surface area contributed by atoms with Gasteiger partial charge in [0.15, 0.2) is 11.0 Å². The summed E-state index contributed by atoms with van der Waals surface area (Å²) >= 11 is 1.27. The van der Waals surface area contributed by atoms with Gasteiger partial charge < -0.3 is 5.32 Å². The number of nitriles is 1. The van der Waals surface area contributed by atoms with E-state index in [1.54, 1.807) is 42.5 Å². The van der Waals surface area contributed by atoms with Crippen LogP contribution in [0.1, 0.15) is 43.7 Å². The minimum atomic E-state index is -0.339. The molecule has 2 aromatic carbocycles. The predicted molar refractivity (Wildman–Crippen MR) is 118 cm³/mol. The summed E-state index contributed by atoms with van der Waals surface area (Å²) < 4.78 is 16.5. The third-order valence-electron chi connectivity index (χ3n) is 5.37. The van der Waals surface area contributed by atoms with E-state index in [4.69, 9.17) is 0 Å². The molecule has 6 nitrogen and oxygen atoms in total. The molecule has 1 saturated carbocycles. The third-order valence-corrected chi connectivity index (χ3v) is 6.32. The van der Waals surface area contributed by atoms with E-state index in [-0.39, 0.29) is 23.5 Å². The number of carbonyl (C=O) groups is 1. The fourth-order valence-electron chi connectivity index (χ4n) is 3.88. The third kappa shape index (κ3) is 4.78. The zero-order valence-electron chi connectivity index (χ0n) is 16.9. The first kappa shape index (κ1) is 21.1. The topological polar surface area (TPSA) is 83.6 Å². The predicted octanol–water partition coefficient (Wildman–Crippen LogP) is 5.19. The number of aromatic nitrogens is 3. The number of thioether (sulfide) groups is 1. The number of hydrogen-bond donors (Lipinski definition) is 1. The Morgan fingerprint density at radius 1 is 1.13 bits per heavy atom. The van der Waals surface area contributed by atoms with Crippen molar-refractivity contribution in [2.45, 2.75) is 43.3 Å². The Morgan fingerprint density at radius 3 is 2.65 bits per heavy atom. The average Bonchev–Trinajstić information content (AvgIpc) is 3.22. The molecule has 1 heterocycles. The number of carbonyl (C=O) groups excluding carboxylic acids is 1. The maximum absolute atomic E-state index is 14.5. The largest absolute Gasteiger partial charge is 0.324 e. The van der Waals surface area contributed by atoms with Crippen LogP contribution in [0.2, 0.25) is 0 Å². The van der Waals surface area contributed by atoms with Crippen LogP contribution >= 0.6 is 11.8 Å². The number of halogens is 1. The molecular formula is C23H22FN5OS. The van der Waals surface area contributed by atoms with Crippen LogP contribution in [0.5, 0.6) is 0 Å². The zero-order chi connectivity index (χ0) is 21.6. The van der Waals surface area contributed by atoms with Crippen LogP contribution in [0.3, 0.4) is 0 Å². The van der Waals surface area contributed by atoms with Gasteiger partial charge >= 0.3 is 0 Å². The summed E-state index contributed by atoms with van der Waals surface area (Å²) in [7, 11) is 0. The molecule has 0 unspecified atom stereocenters. The standard InChI is InChI=1S/C23H22FN5OS/c24-19-12-6-5-11-18(19)22-27-28-23(29(22)17-9-2-1-3-10-17)31-15-21(30)26-20-13-7-4-8-16(20)14-25/h4-8,11-13,17H,1-3,9-10,15H2,(H,26,30). The van der Waals surface area contributed by atoms with E-state index in [1.165, 1.54) is 24.2 Å². The molecule has 1 fully saturated rings. The van der Waals surface area contributed by atoms with E-state index in [0.29, 0.717) is 27.8 Å². The van der Waals surface area contributed by atoms with Crippen LogP contribution in [-0.2, 0) is 4.79 Å². The molecule has 0 atom stereocenters. The first-order chi connectivity index (χ1) is 15.2. The van der Waals surface area contributed by atoms with Gasteiger partial charge in [-0.3, -0.25) is 9.36 Å². The summed E-state index contributed by atoms with van der Waals surface area (Å²) in [5, 5.41) is 21.2.